The molecule has 27 heavy (non-hydrogen) atoms. The number of aryl methyl sites for hydroxylation is 2. The van der Waals surface area contributed by atoms with Gasteiger partial charge in [-0.1, -0.05) is 18.2 Å². The van der Waals surface area contributed by atoms with Crippen molar-refractivity contribution in [3.8, 4) is 0 Å². The van der Waals surface area contributed by atoms with Crippen LogP contribution in [0.2, 0.25) is 0 Å². The third-order valence-corrected chi connectivity index (χ3v) is 4.03. The molecule has 0 aliphatic heterocycles. The summed E-state index contributed by atoms with van der Waals surface area (Å²) in [6.45, 7) is 5.23. The molecule has 2 aromatic carbocycles. The van der Waals surface area contributed by atoms with Crippen molar-refractivity contribution in [2.75, 3.05) is 10.6 Å². The molecule has 0 saturated carbocycles. The Hall–Kier alpha value is -3.54. The van der Waals surface area contributed by atoms with Crippen molar-refractivity contribution in [2.45, 2.75) is 20.8 Å². The smallest absolute Gasteiger partial charge is 0.274 e. The predicted molar refractivity (Wildman–Crippen MR) is 106 cm³/mol. The van der Waals surface area contributed by atoms with Gasteiger partial charge < -0.3 is 10.6 Å². The molecule has 1 aromatic heterocycles. The van der Waals surface area contributed by atoms with E-state index in [2.05, 4.69) is 20.6 Å². The molecule has 2 N–H and O–H groups in total. The molecule has 0 aliphatic rings. The highest BCUT2D eigenvalue weighted by Crippen LogP contribution is 2.20. The molecule has 0 saturated heterocycles. The number of benzene rings is 2. The summed E-state index contributed by atoms with van der Waals surface area (Å²) in [6.07, 6.45) is 0. The fraction of sp³-hybridized carbons (Fsp3) is 0.143. The van der Waals surface area contributed by atoms with E-state index in [1.54, 1.807) is 37.3 Å². The van der Waals surface area contributed by atoms with Crippen LogP contribution >= 0.6 is 0 Å². The highest BCUT2D eigenvalue weighted by molar-refractivity contribution is 6.03. The van der Waals surface area contributed by atoms with Crippen LogP contribution in [0.15, 0.2) is 54.6 Å². The second-order valence-corrected chi connectivity index (χ2v) is 6.21. The molecule has 0 aliphatic carbocycles. The Kier molecular flexibility index (Phi) is 5.26. The summed E-state index contributed by atoms with van der Waals surface area (Å²) in [7, 11) is 0. The third-order valence-electron chi connectivity index (χ3n) is 4.03. The van der Waals surface area contributed by atoms with Crippen molar-refractivity contribution in [3.63, 3.8) is 0 Å². The minimum atomic E-state index is -0.344. The summed E-state index contributed by atoms with van der Waals surface area (Å²) in [5, 5.41) is 6.01. The Morgan fingerprint density at radius 3 is 2.30 bits per heavy atom. The second-order valence-electron chi connectivity index (χ2n) is 6.21. The Balaban J connectivity index is 1.79. The number of rotatable bonds is 5. The number of carbonyl (C=O) groups excluding carboxylic acids is 2. The third kappa shape index (κ3) is 4.55. The molecule has 3 aromatic rings. The Morgan fingerprint density at radius 2 is 1.63 bits per heavy atom. The maximum Gasteiger partial charge on any atom is 0.274 e. The molecule has 3 rings (SSSR count). The van der Waals surface area contributed by atoms with E-state index in [9.17, 15) is 9.59 Å². The van der Waals surface area contributed by atoms with Crippen LogP contribution in [-0.4, -0.2) is 21.7 Å². The van der Waals surface area contributed by atoms with Crippen LogP contribution in [0.5, 0.6) is 0 Å². The lowest BCUT2D eigenvalue weighted by Gasteiger charge is -2.11. The number of para-hydroxylation sites is 1. The fourth-order valence-corrected chi connectivity index (χ4v) is 2.58. The standard InChI is InChI=1S/C21H20N4O2/c1-13-6-4-5-7-18(13)25-20-12-19(22-15(3)23-20)21(27)24-17-10-8-16(9-11-17)14(2)26/h4-12H,1-3H3,(H,24,27)(H,22,23,25). The first-order valence-corrected chi connectivity index (χ1v) is 8.53. The maximum atomic E-state index is 12.6. The number of ketones is 1. The number of hydrogen-bond donors (Lipinski definition) is 2. The van der Waals surface area contributed by atoms with Gasteiger partial charge in [-0.05, 0) is 56.7 Å². The first-order valence-electron chi connectivity index (χ1n) is 8.53. The number of nitrogens with zero attached hydrogens (tertiary/aromatic N) is 2. The quantitative estimate of drug-likeness (QED) is 0.663. The summed E-state index contributed by atoms with van der Waals surface area (Å²) in [5.74, 6) is 0.676. The van der Waals surface area contributed by atoms with Gasteiger partial charge in [0, 0.05) is 23.0 Å². The van der Waals surface area contributed by atoms with Gasteiger partial charge in [-0.15, -0.1) is 0 Å². The lowest BCUT2D eigenvalue weighted by molar-refractivity contribution is 0.101. The van der Waals surface area contributed by atoms with Gasteiger partial charge in [0.15, 0.2) is 5.78 Å². The minimum absolute atomic E-state index is 0.0220. The van der Waals surface area contributed by atoms with Crippen LogP contribution in [0, 0.1) is 13.8 Å². The van der Waals surface area contributed by atoms with E-state index in [0.29, 0.717) is 22.9 Å². The lowest BCUT2D eigenvalue weighted by Crippen LogP contribution is -2.15. The van der Waals surface area contributed by atoms with Crippen LogP contribution in [0.4, 0.5) is 17.2 Å². The first-order chi connectivity index (χ1) is 12.9. The van der Waals surface area contributed by atoms with Crippen molar-refractivity contribution >= 4 is 28.9 Å². The SMILES string of the molecule is CC(=O)c1ccc(NC(=O)c2cc(Nc3ccccc3C)nc(C)n2)cc1. The van der Waals surface area contributed by atoms with E-state index in [0.717, 1.165) is 11.3 Å². The topological polar surface area (TPSA) is 84.0 Å². The van der Waals surface area contributed by atoms with Crippen molar-refractivity contribution in [1.29, 1.82) is 0 Å². The number of hydrogen-bond acceptors (Lipinski definition) is 5. The fourth-order valence-electron chi connectivity index (χ4n) is 2.58. The number of anilines is 3. The molecule has 0 bridgehead atoms. The van der Waals surface area contributed by atoms with E-state index in [1.807, 2.05) is 31.2 Å². The monoisotopic (exact) mass is 360 g/mol. The molecule has 0 spiro atoms. The first kappa shape index (κ1) is 18.3. The van der Waals surface area contributed by atoms with Gasteiger partial charge in [0.2, 0.25) is 0 Å². The van der Waals surface area contributed by atoms with Gasteiger partial charge in [0.25, 0.3) is 5.91 Å². The number of carbonyl (C=O) groups is 2. The lowest BCUT2D eigenvalue weighted by atomic mass is 10.1. The van der Waals surface area contributed by atoms with E-state index in [1.165, 1.54) is 6.92 Å². The Bertz CT molecular complexity index is 997. The summed E-state index contributed by atoms with van der Waals surface area (Å²) in [5.41, 5.74) is 3.44. The number of nitrogens with one attached hydrogen (secondary N) is 2. The average Bonchev–Trinajstić information content (AvgIpc) is 2.63. The van der Waals surface area contributed by atoms with E-state index < -0.39 is 0 Å². The van der Waals surface area contributed by atoms with Crippen LogP contribution in [-0.2, 0) is 0 Å². The summed E-state index contributed by atoms with van der Waals surface area (Å²) < 4.78 is 0. The van der Waals surface area contributed by atoms with Crippen LogP contribution < -0.4 is 10.6 Å². The average molecular weight is 360 g/mol. The number of aromatic nitrogens is 2. The van der Waals surface area contributed by atoms with Gasteiger partial charge in [-0.25, -0.2) is 9.97 Å². The normalized spacial score (nSPS) is 10.3. The number of amides is 1. The van der Waals surface area contributed by atoms with E-state index in [4.69, 9.17) is 0 Å². The minimum Gasteiger partial charge on any atom is -0.340 e. The van der Waals surface area contributed by atoms with Crippen LogP contribution in [0.1, 0.15) is 39.2 Å². The molecule has 1 amide bonds. The van der Waals surface area contributed by atoms with E-state index >= 15 is 0 Å². The molecule has 6 nitrogen and oxygen atoms in total. The van der Waals surface area contributed by atoms with Gasteiger partial charge >= 0.3 is 0 Å². The molecule has 0 unspecified atom stereocenters. The second kappa shape index (κ2) is 7.78. The summed E-state index contributed by atoms with van der Waals surface area (Å²) in [4.78, 5) is 32.5. The molecular weight excluding hydrogens is 340 g/mol. The van der Waals surface area contributed by atoms with Gasteiger partial charge in [0.05, 0.1) is 0 Å². The predicted octanol–water partition coefficient (Wildman–Crippen LogP) is 4.29. The Labute approximate surface area is 157 Å². The van der Waals surface area contributed by atoms with Gasteiger partial charge in [0.1, 0.15) is 17.3 Å². The highest BCUT2D eigenvalue weighted by atomic mass is 16.2. The van der Waals surface area contributed by atoms with Gasteiger partial charge in [-0.3, -0.25) is 9.59 Å². The Morgan fingerprint density at radius 1 is 0.926 bits per heavy atom. The maximum absolute atomic E-state index is 12.6. The molecule has 0 fully saturated rings. The van der Waals surface area contributed by atoms with Crippen molar-refractivity contribution in [1.82, 2.24) is 9.97 Å². The van der Waals surface area contributed by atoms with Crippen LogP contribution in [0.3, 0.4) is 0 Å². The molecule has 1 heterocycles. The zero-order valence-corrected chi connectivity index (χ0v) is 15.4. The molecule has 0 atom stereocenters. The van der Waals surface area contributed by atoms with Gasteiger partial charge in [-0.2, -0.15) is 0 Å². The van der Waals surface area contributed by atoms with Crippen LogP contribution in [0.25, 0.3) is 0 Å². The zero-order valence-electron chi connectivity index (χ0n) is 15.4. The molecule has 136 valence electrons. The van der Waals surface area contributed by atoms with E-state index in [-0.39, 0.29) is 17.4 Å². The summed E-state index contributed by atoms with van der Waals surface area (Å²) in [6, 6.07) is 16.2. The number of Topliss-reactive ketones (excluding diaryl/α,β-unsaturated/α-hetero) is 1. The molecule has 6 heteroatoms. The molecule has 0 radical (unpaired) electrons. The summed E-state index contributed by atoms with van der Waals surface area (Å²) >= 11 is 0. The van der Waals surface area contributed by atoms with Crippen molar-refractivity contribution < 1.29 is 9.59 Å². The molecular formula is C21H20N4O2. The van der Waals surface area contributed by atoms with Crippen molar-refractivity contribution in [2.24, 2.45) is 0 Å². The zero-order chi connectivity index (χ0) is 19.4. The van der Waals surface area contributed by atoms with Crippen molar-refractivity contribution in [3.05, 3.63) is 77.2 Å². The highest BCUT2D eigenvalue weighted by Gasteiger charge is 2.12. The largest absolute Gasteiger partial charge is 0.340 e.